The van der Waals surface area contributed by atoms with E-state index in [9.17, 15) is 9.90 Å². The summed E-state index contributed by atoms with van der Waals surface area (Å²) in [7, 11) is 0. The zero-order valence-corrected chi connectivity index (χ0v) is 9.40. The highest BCUT2D eigenvalue weighted by Crippen LogP contribution is 2.07. The summed E-state index contributed by atoms with van der Waals surface area (Å²) >= 11 is 0. The second-order valence-corrected chi connectivity index (χ2v) is 3.44. The van der Waals surface area contributed by atoms with Gasteiger partial charge in [0.25, 0.3) is 0 Å². The minimum Gasteiger partial charge on any atom is -0.381 e. The van der Waals surface area contributed by atoms with Gasteiger partial charge >= 0.3 is 0 Å². The first kappa shape index (κ1) is 12.4. The molecule has 0 aromatic carbocycles. The van der Waals surface area contributed by atoms with Crippen LogP contribution in [0, 0.1) is 6.92 Å². The minimum atomic E-state index is -1.21. The lowest BCUT2D eigenvalue weighted by Crippen LogP contribution is -2.34. The van der Waals surface area contributed by atoms with Crippen molar-refractivity contribution in [2.24, 2.45) is 5.73 Å². The first-order chi connectivity index (χ1) is 7.52. The lowest BCUT2D eigenvalue weighted by atomic mass is 10.3. The smallest absolute Gasteiger partial charge is 0.248 e. The maximum Gasteiger partial charge on any atom is 0.248 e. The number of aliphatic hydroxyl groups is 1. The number of anilines is 1. The van der Waals surface area contributed by atoms with E-state index in [0.29, 0.717) is 11.6 Å². The SMILES string of the molecule is CCc1cc(NCC(O)C(N)=O)nc(C)n1. The Labute approximate surface area is 93.9 Å². The third-order valence-corrected chi connectivity index (χ3v) is 2.06. The number of nitrogens with zero attached hydrogens (tertiary/aromatic N) is 2. The Morgan fingerprint density at radius 1 is 1.62 bits per heavy atom. The van der Waals surface area contributed by atoms with Crippen molar-refractivity contribution < 1.29 is 9.90 Å². The van der Waals surface area contributed by atoms with Crippen LogP contribution in [0.5, 0.6) is 0 Å². The molecule has 1 aromatic rings. The van der Waals surface area contributed by atoms with E-state index in [1.54, 1.807) is 13.0 Å². The van der Waals surface area contributed by atoms with Gasteiger partial charge in [-0.15, -0.1) is 0 Å². The summed E-state index contributed by atoms with van der Waals surface area (Å²) in [6.07, 6.45) is -0.406. The van der Waals surface area contributed by atoms with Gasteiger partial charge in [-0.25, -0.2) is 9.97 Å². The van der Waals surface area contributed by atoms with Crippen molar-refractivity contribution >= 4 is 11.7 Å². The number of amides is 1. The molecular weight excluding hydrogens is 208 g/mol. The van der Waals surface area contributed by atoms with Gasteiger partial charge in [0, 0.05) is 11.8 Å². The van der Waals surface area contributed by atoms with Gasteiger partial charge < -0.3 is 16.2 Å². The van der Waals surface area contributed by atoms with Gasteiger partial charge in [0.15, 0.2) is 0 Å². The van der Waals surface area contributed by atoms with E-state index < -0.39 is 12.0 Å². The molecule has 0 saturated heterocycles. The Morgan fingerprint density at radius 3 is 2.88 bits per heavy atom. The number of aromatic nitrogens is 2. The molecule has 0 spiro atoms. The molecule has 6 heteroatoms. The van der Waals surface area contributed by atoms with Crippen LogP contribution >= 0.6 is 0 Å². The fourth-order valence-electron chi connectivity index (χ4n) is 1.20. The third-order valence-electron chi connectivity index (χ3n) is 2.06. The van der Waals surface area contributed by atoms with Crippen molar-refractivity contribution in [2.75, 3.05) is 11.9 Å². The van der Waals surface area contributed by atoms with Gasteiger partial charge in [0.05, 0.1) is 6.54 Å². The average Bonchev–Trinajstić information content (AvgIpc) is 2.24. The number of hydrogen-bond acceptors (Lipinski definition) is 5. The Morgan fingerprint density at radius 2 is 2.31 bits per heavy atom. The second kappa shape index (κ2) is 5.41. The molecule has 0 aliphatic carbocycles. The molecule has 0 aliphatic heterocycles. The summed E-state index contributed by atoms with van der Waals surface area (Å²) in [5, 5.41) is 12.0. The zero-order valence-electron chi connectivity index (χ0n) is 9.40. The lowest BCUT2D eigenvalue weighted by molar-refractivity contribution is -0.125. The number of nitrogens with one attached hydrogen (secondary N) is 1. The van der Waals surface area contributed by atoms with E-state index >= 15 is 0 Å². The third kappa shape index (κ3) is 3.47. The topological polar surface area (TPSA) is 101 Å². The Balaban J connectivity index is 2.66. The fourth-order valence-corrected chi connectivity index (χ4v) is 1.20. The number of aryl methyl sites for hydroxylation is 2. The molecule has 1 rings (SSSR count). The van der Waals surface area contributed by atoms with Gasteiger partial charge in [-0.3, -0.25) is 4.79 Å². The van der Waals surface area contributed by atoms with Crippen LogP contribution in [-0.2, 0) is 11.2 Å². The van der Waals surface area contributed by atoms with Crippen LogP contribution in [0.1, 0.15) is 18.4 Å². The highest BCUT2D eigenvalue weighted by molar-refractivity contribution is 5.79. The number of carbonyl (C=O) groups excluding carboxylic acids is 1. The highest BCUT2D eigenvalue weighted by atomic mass is 16.3. The molecule has 1 aromatic heterocycles. The Kier molecular flexibility index (Phi) is 4.19. The first-order valence-electron chi connectivity index (χ1n) is 5.08. The first-order valence-corrected chi connectivity index (χ1v) is 5.08. The molecule has 0 fully saturated rings. The van der Waals surface area contributed by atoms with Crippen molar-refractivity contribution in [1.29, 1.82) is 0 Å². The normalized spacial score (nSPS) is 12.2. The Bertz CT molecular complexity index is 381. The monoisotopic (exact) mass is 224 g/mol. The molecule has 16 heavy (non-hydrogen) atoms. The van der Waals surface area contributed by atoms with Crippen molar-refractivity contribution in [3.8, 4) is 0 Å². The molecule has 1 atom stereocenters. The summed E-state index contributed by atoms with van der Waals surface area (Å²) < 4.78 is 0. The highest BCUT2D eigenvalue weighted by Gasteiger charge is 2.10. The van der Waals surface area contributed by atoms with Crippen molar-refractivity contribution in [2.45, 2.75) is 26.4 Å². The number of nitrogens with two attached hydrogens (primary N) is 1. The van der Waals surface area contributed by atoms with Crippen LogP contribution in [-0.4, -0.2) is 33.6 Å². The summed E-state index contributed by atoms with van der Waals surface area (Å²) in [6, 6.07) is 1.78. The molecule has 88 valence electrons. The number of hydrogen-bond donors (Lipinski definition) is 3. The minimum absolute atomic E-state index is 0.0505. The summed E-state index contributed by atoms with van der Waals surface area (Å²) in [6.45, 7) is 3.83. The molecule has 4 N–H and O–H groups in total. The van der Waals surface area contributed by atoms with Crippen LogP contribution in [0.3, 0.4) is 0 Å². The molecule has 1 heterocycles. The number of carbonyl (C=O) groups is 1. The van der Waals surface area contributed by atoms with E-state index in [1.165, 1.54) is 0 Å². The van der Waals surface area contributed by atoms with Gasteiger partial charge in [0.2, 0.25) is 5.91 Å². The Hall–Kier alpha value is -1.69. The van der Waals surface area contributed by atoms with Crippen LogP contribution in [0.4, 0.5) is 5.82 Å². The molecule has 0 aliphatic rings. The van der Waals surface area contributed by atoms with Crippen LogP contribution in [0.25, 0.3) is 0 Å². The van der Waals surface area contributed by atoms with E-state index in [-0.39, 0.29) is 6.54 Å². The molecule has 0 radical (unpaired) electrons. The molecule has 0 saturated carbocycles. The molecule has 0 bridgehead atoms. The van der Waals surface area contributed by atoms with E-state index in [1.807, 2.05) is 6.92 Å². The lowest BCUT2D eigenvalue weighted by Gasteiger charge is -2.10. The van der Waals surface area contributed by atoms with Crippen molar-refractivity contribution in [1.82, 2.24) is 9.97 Å². The van der Waals surface area contributed by atoms with E-state index in [4.69, 9.17) is 5.73 Å². The average molecular weight is 224 g/mol. The maximum atomic E-state index is 10.6. The summed E-state index contributed by atoms with van der Waals surface area (Å²) in [4.78, 5) is 18.9. The van der Waals surface area contributed by atoms with E-state index in [0.717, 1.165) is 12.1 Å². The van der Waals surface area contributed by atoms with Crippen LogP contribution in [0.15, 0.2) is 6.07 Å². The van der Waals surface area contributed by atoms with Crippen LogP contribution in [0.2, 0.25) is 0 Å². The molecule has 1 amide bonds. The summed E-state index contributed by atoms with van der Waals surface area (Å²) in [5.74, 6) is 0.481. The van der Waals surface area contributed by atoms with Crippen molar-refractivity contribution in [3.63, 3.8) is 0 Å². The number of rotatable bonds is 5. The van der Waals surface area contributed by atoms with Gasteiger partial charge in [0.1, 0.15) is 17.7 Å². The maximum absolute atomic E-state index is 10.6. The predicted octanol–water partition coefficient (Wildman–Crippen LogP) is -0.394. The largest absolute Gasteiger partial charge is 0.381 e. The zero-order chi connectivity index (χ0) is 12.1. The fraction of sp³-hybridized carbons (Fsp3) is 0.500. The van der Waals surface area contributed by atoms with Gasteiger partial charge in [-0.2, -0.15) is 0 Å². The molecular formula is C10H16N4O2. The van der Waals surface area contributed by atoms with Gasteiger partial charge in [-0.1, -0.05) is 6.92 Å². The quantitative estimate of drug-likeness (QED) is 0.632. The molecule has 1 unspecified atom stereocenters. The summed E-state index contributed by atoms with van der Waals surface area (Å²) in [5.41, 5.74) is 5.83. The van der Waals surface area contributed by atoms with Crippen molar-refractivity contribution in [3.05, 3.63) is 17.6 Å². The molecule has 6 nitrogen and oxygen atoms in total. The predicted molar refractivity (Wildman–Crippen MR) is 59.8 cm³/mol. The number of primary amides is 1. The standard InChI is InChI=1S/C10H16N4O2/c1-3-7-4-9(14-6(2)13-7)12-5-8(15)10(11)16/h4,8,15H,3,5H2,1-2H3,(H2,11,16)(H,12,13,14). The van der Waals surface area contributed by atoms with Gasteiger partial charge in [-0.05, 0) is 13.3 Å². The number of aliphatic hydroxyl groups excluding tert-OH is 1. The second-order valence-electron chi connectivity index (χ2n) is 3.44. The van der Waals surface area contributed by atoms with E-state index in [2.05, 4.69) is 15.3 Å². The van der Waals surface area contributed by atoms with Crippen LogP contribution < -0.4 is 11.1 Å².